The molecule has 0 saturated carbocycles. The van der Waals surface area contributed by atoms with Gasteiger partial charge in [-0.15, -0.1) is 0 Å². The van der Waals surface area contributed by atoms with Crippen LogP contribution >= 0.6 is 11.6 Å². The second kappa shape index (κ2) is 4.01. The van der Waals surface area contributed by atoms with Gasteiger partial charge >= 0.3 is 11.9 Å². The normalized spacial score (nSPS) is 32.5. The molecule has 0 bridgehead atoms. The SMILES string of the molecule is CC1(C)C(=O)O[C@]2(c3ccc(Cl)cc3)[C@H]1OC(=O)C2(C)C. The summed E-state index contributed by atoms with van der Waals surface area (Å²) in [7, 11) is 0. The zero-order valence-corrected chi connectivity index (χ0v) is 13.2. The maximum atomic E-state index is 12.3. The fourth-order valence-corrected chi connectivity index (χ4v) is 3.43. The smallest absolute Gasteiger partial charge is 0.316 e. The van der Waals surface area contributed by atoms with Crippen LogP contribution in [0.2, 0.25) is 5.02 Å². The lowest BCUT2D eigenvalue weighted by Crippen LogP contribution is -2.47. The van der Waals surface area contributed by atoms with Crippen molar-refractivity contribution in [3.05, 3.63) is 34.9 Å². The molecule has 2 atom stereocenters. The van der Waals surface area contributed by atoms with E-state index in [1.807, 2.05) is 0 Å². The van der Waals surface area contributed by atoms with Crippen LogP contribution in [0.25, 0.3) is 0 Å². The van der Waals surface area contributed by atoms with Gasteiger partial charge in [0, 0.05) is 10.6 Å². The second-order valence-corrected chi connectivity index (χ2v) is 7.20. The van der Waals surface area contributed by atoms with Gasteiger partial charge in [0.05, 0.1) is 0 Å². The van der Waals surface area contributed by atoms with E-state index in [2.05, 4.69) is 0 Å². The Kier molecular flexibility index (Phi) is 2.74. The van der Waals surface area contributed by atoms with Crippen LogP contribution in [-0.2, 0) is 24.7 Å². The van der Waals surface area contributed by atoms with E-state index < -0.39 is 22.5 Å². The van der Waals surface area contributed by atoms with Gasteiger partial charge < -0.3 is 9.47 Å². The van der Waals surface area contributed by atoms with Gasteiger partial charge in [-0.1, -0.05) is 23.7 Å². The Morgan fingerprint density at radius 2 is 1.57 bits per heavy atom. The van der Waals surface area contributed by atoms with E-state index in [0.29, 0.717) is 5.02 Å². The largest absolute Gasteiger partial charge is 0.456 e. The van der Waals surface area contributed by atoms with Crippen LogP contribution in [0.4, 0.5) is 0 Å². The van der Waals surface area contributed by atoms with E-state index in [1.165, 1.54) is 0 Å². The second-order valence-electron chi connectivity index (χ2n) is 6.76. The maximum Gasteiger partial charge on any atom is 0.316 e. The number of ether oxygens (including phenoxy) is 2. The summed E-state index contributed by atoms with van der Waals surface area (Å²) in [5.74, 6) is -0.717. The number of halogens is 1. The van der Waals surface area contributed by atoms with Crippen molar-refractivity contribution in [2.24, 2.45) is 10.8 Å². The molecule has 0 radical (unpaired) electrons. The van der Waals surface area contributed by atoms with Gasteiger partial charge in [0.15, 0.2) is 11.7 Å². The Morgan fingerprint density at radius 3 is 2.14 bits per heavy atom. The molecular formula is C16H17ClO4. The minimum Gasteiger partial charge on any atom is -0.456 e. The first-order chi connectivity index (χ1) is 9.64. The van der Waals surface area contributed by atoms with Crippen molar-refractivity contribution in [3.8, 4) is 0 Å². The van der Waals surface area contributed by atoms with Crippen LogP contribution in [0.15, 0.2) is 24.3 Å². The lowest BCUT2D eigenvalue weighted by Gasteiger charge is -2.36. The third-order valence-corrected chi connectivity index (χ3v) is 4.99. The molecule has 1 aromatic rings. The summed E-state index contributed by atoms with van der Waals surface area (Å²) in [6, 6.07) is 7.02. The Balaban J connectivity index is 2.26. The standard InChI is InChI=1S/C16H17ClO4/c1-14(2)11-16(21-12(14)18,15(3,4)13(19)20-11)9-5-7-10(17)8-6-9/h5-8,11H,1-4H3/t11-,16+/m0/s1. The Hall–Kier alpha value is -1.55. The number of carbonyl (C=O) groups excluding carboxylic acids is 2. The lowest BCUT2D eigenvalue weighted by molar-refractivity contribution is -0.166. The summed E-state index contributed by atoms with van der Waals surface area (Å²) < 4.78 is 11.3. The predicted octanol–water partition coefficient (Wildman–Crippen LogP) is 3.07. The molecule has 2 fully saturated rings. The summed E-state index contributed by atoms with van der Waals surface area (Å²) >= 11 is 5.94. The van der Waals surface area contributed by atoms with Crippen LogP contribution in [0.5, 0.6) is 0 Å². The van der Waals surface area contributed by atoms with Crippen molar-refractivity contribution < 1.29 is 19.1 Å². The molecule has 2 aliphatic heterocycles. The molecule has 2 heterocycles. The Morgan fingerprint density at radius 1 is 1.00 bits per heavy atom. The first kappa shape index (κ1) is 14.4. The molecule has 0 aliphatic carbocycles. The topological polar surface area (TPSA) is 52.6 Å². The maximum absolute atomic E-state index is 12.3. The van der Waals surface area contributed by atoms with Crippen LogP contribution in [0.3, 0.4) is 0 Å². The van der Waals surface area contributed by atoms with E-state index in [-0.39, 0.29) is 11.9 Å². The van der Waals surface area contributed by atoms with Gasteiger partial charge in [0.25, 0.3) is 0 Å². The molecule has 21 heavy (non-hydrogen) atoms. The lowest BCUT2D eigenvalue weighted by atomic mass is 9.66. The number of esters is 2. The van der Waals surface area contributed by atoms with Crippen LogP contribution in [-0.4, -0.2) is 18.0 Å². The molecule has 1 aromatic carbocycles. The molecular weight excluding hydrogens is 292 g/mol. The zero-order valence-electron chi connectivity index (χ0n) is 12.4. The van der Waals surface area contributed by atoms with E-state index in [4.69, 9.17) is 21.1 Å². The van der Waals surface area contributed by atoms with Gasteiger partial charge in [0.1, 0.15) is 10.8 Å². The van der Waals surface area contributed by atoms with Crippen LogP contribution in [0.1, 0.15) is 33.3 Å². The molecule has 0 N–H and O–H groups in total. The van der Waals surface area contributed by atoms with Gasteiger partial charge in [-0.3, -0.25) is 9.59 Å². The first-order valence-corrected chi connectivity index (χ1v) is 7.22. The minimum absolute atomic E-state index is 0.358. The van der Waals surface area contributed by atoms with Crippen LogP contribution in [0, 0.1) is 10.8 Å². The average molecular weight is 309 g/mol. The monoisotopic (exact) mass is 308 g/mol. The number of hydrogen-bond acceptors (Lipinski definition) is 4. The summed E-state index contributed by atoms with van der Waals surface area (Å²) in [5, 5.41) is 0.582. The molecule has 0 aromatic heterocycles. The molecule has 2 saturated heterocycles. The van der Waals surface area contributed by atoms with Crippen molar-refractivity contribution in [2.75, 3.05) is 0 Å². The highest BCUT2D eigenvalue weighted by Crippen LogP contribution is 2.61. The van der Waals surface area contributed by atoms with Gasteiger partial charge in [-0.2, -0.15) is 0 Å². The summed E-state index contributed by atoms with van der Waals surface area (Å²) in [6.07, 6.45) is -0.652. The van der Waals surface area contributed by atoms with Crippen molar-refractivity contribution >= 4 is 23.5 Å². The molecule has 0 spiro atoms. The van der Waals surface area contributed by atoms with Gasteiger partial charge in [-0.25, -0.2) is 0 Å². The van der Waals surface area contributed by atoms with Crippen molar-refractivity contribution in [1.82, 2.24) is 0 Å². The molecule has 112 valence electrons. The van der Waals surface area contributed by atoms with Crippen molar-refractivity contribution in [2.45, 2.75) is 39.4 Å². The number of rotatable bonds is 1. The summed E-state index contributed by atoms with van der Waals surface area (Å²) in [5.41, 5.74) is -2.24. The van der Waals surface area contributed by atoms with Crippen LogP contribution < -0.4 is 0 Å². The highest BCUT2D eigenvalue weighted by molar-refractivity contribution is 6.30. The average Bonchev–Trinajstić information content (AvgIpc) is 2.73. The number of benzene rings is 1. The molecule has 2 aliphatic rings. The van der Waals surface area contributed by atoms with E-state index in [0.717, 1.165) is 5.56 Å². The third-order valence-electron chi connectivity index (χ3n) is 4.74. The molecule has 3 rings (SSSR count). The summed E-state index contributed by atoms with van der Waals surface area (Å²) in [6.45, 7) is 6.98. The fraction of sp³-hybridized carbons (Fsp3) is 0.500. The van der Waals surface area contributed by atoms with E-state index in [9.17, 15) is 9.59 Å². The molecule has 0 amide bonds. The van der Waals surface area contributed by atoms with Crippen molar-refractivity contribution in [1.29, 1.82) is 0 Å². The Bertz CT molecular complexity index is 630. The quantitative estimate of drug-likeness (QED) is 0.748. The third kappa shape index (κ3) is 1.57. The minimum atomic E-state index is -1.12. The summed E-state index contributed by atoms with van der Waals surface area (Å²) in [4.78, 5) is 24.6. The highest BCUT2D eigenvalue weighted by atomic mass is 35.5. The molecule has 5 heteroatoms. The van der Waals surface area contributed by atoms with Gasteiger partial charge in [0.2, 0.25) is 0 Å². The molecule has 0 unspecified atom stereocenters. The first-order valence-electron chi connectivity index (χ1n) is 6.84. The van der Waals surface area contributed by atoms with E-state index in [1.54, 1.807) is 52.0 Å². The zero-order chi connectivity index (χ0) is 15.6. The number of carbonyl (C=O) groups is 2. The molecule has 4 nitrogen and oxygen atoms in total. The predicted molar refractivity (Wildman–Crippen MR) is 76.7 cm³/mol. The highest BCUT2D eigenvalue weighted by Gasteiger charge is 2.75. The van der Waals surface area contributed by atoms with Crippen molar-refractivity contribution in [3.63, 3.8) is 0 Å². The number of fused-ring (bicyclic) bond motifs is 1. The van der Waals surface area contributed by atoms with E-state index >= 15 is 0 Å². The fourth-order valence-electron chi connectivity index (χ4n) is 3.31. The van der Waals surface area contributed by atoms with Gasteiger partial charge in [-0.05, 0) is 39.8 Å². The Labute approximate surface area is 128 Å². The number of hydrogen-bond donors (Lipinski definition) is 0.